The third-order valence-electron chi connectivity index (χ3n) is 4.28. The number of para-hydroxylation sites is 2. The number of nitrogens with one attached hydrogen (secondary N) is 2. The summed E-state index contributed by atoms with van der Waals surface area (Å²) in [5.74, 6) is 0.248. The fourth-order valence-corrected chi connectivity index (χ4v) is 2.73. The van der Waals surface area contributed by atoms with Gasteiger partial charge in [0, 0.05) is 23.8 Å². The predicted octanol–water partition coefficient (Wildman–Crippen LogP) is 4.65. The molecule has 5 nitrogen and oxygen atoms in total. The van der Waals surface area contributed by atoms with Gasteiger partial charge in [0.25, 0.3) is 5.91 Å². The topological polar surface area (TPSA) is 66.9 Å². The zero-order valence-electron chi connectivity index (χ0n) is 15.2. The molecule has 5 heteroatoms. The molecule has 0 unspecified atom stereocenters. The summed E-state index contributed by atoms with van der Waals surface area (Å²) in [5, 5.41) is 6.15. The monoisotopic (exact) mass is 346 g/mol. The Kier molecular flexibility index (Phi) is 5.27. The van der Waals surface area contributed by atoms with E-state index in [1.165, 1.54) is 12.4 Å². The third kappa shape index (κ3) is 3.88. The van der Waals surface area contributed by atoms with Crippen LogP contribution in [-0.4, -0.2) is 15.9 Å². The molecule has 0 saturated carbocycles. The molecule has 0 bridgehead atoms. The molecule has 132 valence electrons. The van der Waals surface area contributed by atoms with Crippen molar-refractivity contribution in [2.45, 2.75) is 27.2 Å². The number of nitrogens with zero attached hydrogens (tertiary/aromatic N) is 2. The average molecular weight is 346 g/mol. The summed E-state index contributed by atoms with van der Waals surface area (Å²) in [5.41, 5.74) is 5.48. The summed E-state index contributed by atoms with van der Waals surface area (Å²) in [6, 6.07) is 13.9. The molecule has 0 saturated heterocycles. The lowest BCUT2D eigenvalue weighted by Crippen LogP contribution is -2.15. The summed E-state index contributed by atoms with van der Waals surface area (Å²) < 4.78 is 0. The number of anilines is 3. The highest BCUT2D eigenvalue weighted by Crippen LogP contribution is 2.22. The van der Waals surface area contributed by atoms with Gasteiger partial charge in [0.2, 0.25) is 5.95 Å². The van der Waals surface area contributed by atoms with Crippen molar-refractivity contribution in [1.82, 2.24) is 9.97 Å². The Balaban J connectivity index is 1.75. The minimum atomic E-state index is -0.212. The molecular weight excluding hydrogens is 324 g/mol. The van der Waals surface area contributed by atoms with Gasteiger partial charge < -0.3 is 10.6 Å². The zero-order valence-corrected chi connectivity index (χ0v) is 15.2. The van der Waals surface area contributed by atoms with Crippen LogP contribution in [0.2, 0.25) is 0 Å². The number of carbonyl (C=O) groups is 1. The molecule has 0 radical (unpaired) electrons. The van der Waals surface area contributed by atoms with Gasteiger partial charge >= 0.3 is 0 Å². The van der Waals surface area contributed by atoms with Crippen molar-refractivity contribution in [3.63, 3.8) is 0 Å². The maximum absolute atomic E-state index is 12.5. The van der Waals surface area contributed by atoms with Gasteiger partial charge in [-0.15, -0.1) is 0 Å². The van der Waals surface area contributed by atoms with Gasteiger partial charge in [0.1, 0.15) is 0 Å². The Hall–Kier alpha value is -3.21. The summed E-state index contributed by atoms with van der Waals surface area (Å²) >= 11 is 0. The Labute approximate surface area is 153 Å². The van der Waals surface area contributed by atoms with E-state index in [1.807, 2.05) is 56.3 Å². The summed E-state index contributed by atoms with van der Waals surface area (Å²) in [6.45, 7) is 6.07. The lowest BCUT2D eigenvalue weighted by Gasteiger charge is -2.13. The number of hydrogen-bond donors (Lipinski definition) is 2. The minimum absolute atomic E-state index is 0.212. The first-order valence-electron chi connectivity index (χ1n) is 8.63. The lowest BCUT2D eigenvalue weighted by atomic mass is 10.1. The van der Waals surface area contributed by atoms with E-state index in [4.69, 9.17) is 0 Å². The second-order valence-corrected chi connectivity index (χ2v) is 6.15. The number of rotatable bonds is 5. The Morgan fingerprint density at radius 1 is 0.962 bits per heavy atom. The van der Waals surface area contributed by atoms with Crippen LogP contribution in [0.4, 0.5) is 17.3 Å². The first-order chi connectivity index (χ1) is 12.6. The van der Waals surface area contributed by atoms with Crippen LogP contribution in [0.3, 0.4) is 0 Å². The molecule has 26 heavy (non-hydrogen) atoms. The molecular formula is C21H22N4O. The number of amides is 1. The van der Waals surface area contributed by atoms with E-state index < -0.39 is 0 Å². The van der Waals surface area contributed by atoms with Crippen LogP contribution in [0.5, 0.6) is 0 Å². The van der Waals surface area contributed by atoms with Crippen LogP contribution < -0.4 is 10.6 Å². The summed E-state index contributed by atoms with van der Waals surface area (Å²) in [4.78, 5) is 21.1. The fourth-order valence-electron chi connectivity index (χ4n) is 2.73. The Morgan fingerprint density at radius 2 is 1.65 bits per heavy atom. The number of hydrogen-bond acceptors (Lipinski definition) is 4. The van der Waals surface area contributed by atoms with Gasteiger partial charge in [-0.25, -0.2) is 9.97 Å². The first kappa shape index (κ1) is 17.6. The second kappa shape index (κ2) is 7.78. The highest BCUT2D eigenvalue weighted by Gasteiger charge is 2.12. The average Bonchev–Trinajstić information content (AvgIpc) is 2.65. The molecule has 2 N–H and O–H groups in total. The van der Waals surface area contributed by atoms with E-state index in [1.54, 1.807) is 0 Å². The van der Waals surface area contributed by atoms with Gasteiger partial charge in [-0.2, -0.15) is 0 Å². The van der Waals surface area contributed by atoms with Crippen LogP contribution in [-0.2, 0) is 6.42 Å². The molecule has 0 fully saturated rings. The fraction of sp³-hybridized carbons (Fsp3) is 0.190. The van der Waals surface area contributed by atoms with E-state index in [0.29, 0.717) is 11.5 Å². The van der Waals surface area contributed by atoms with Gasteiger partial charge in [0.15, 0.2) is 0 Å². The molecule has 1 heterocycles. The van der Waals surface area contributed by atoms with Crippen LogP contribution in [0.25, 0.3) is 0 Å². The molecule has 0 aliphatic heterocycles. The molecule has 0 atom stereocenters. The highest BCUT2D eigenvalue weighted by atomic mass is 16.1. The standard InChI is InChI=1S/C21H22N4O/c1-4-16-10-7-9-15(3)19(16)25-20(26)17-12-22-21(23-13-17)24-18-11-6-5-8-14(18)2/h5-13H,4H2,1-3H3,(H,25,26)(H,22,23,24). The van der Waals surface area contributed by atoms with Crippen molar-refractivity contribution in [2.24, 2.45) is 0 Å². The van der Waals surface area contributed by atoms with E-state index in [-0.39, 0.29) is 5.91 Å². The van der Waals surface area contributed by atoms with Crippen LogP contribution in [0.1, 0.15) is 34.0 Å². The maximum Gasteiger partial charge on any atom is 0.258 e. The van der Waals surface area contributed by atoms with E-state index in [0.717, 1.165) is 34.5 Å². The largest absolute Gasteiger partial charge is 0.324 e. The van der Waals surface area contributed by atoms with Gasteiger partial charge in [-0.05, 0) is 43.0 Å². The van der Waals surface area contributed by atoms with E-state index in [2.05, 4.69) is 27.5 Å². The second-order valence-electron chi connectivity index (χ2n) is 6.15. The maximum atomic E-state index is 12.5. The van der Waals surface area contributed by atoms with Crippen molar-refractivity contribution in [3.05, 3.63) is 77.1 Å². The Morgan fingerprint density at radius 3 is 2.35 bits per heavy atom. The molecule has 3 aromatic rings. The molecule has 2 aromatic carbocycles. The number of benzene rings is 2. The Bertz CT molecular complexity index is 920. The quantitative estimate of drug-likeness (QED) is 0.705. The van der Waals surface area contributed by atoms with Crippen LogP contribution in [0, 0.1) is 13.8 Å². The van der Waals surface area contributed by atoms with Crippen molar-refractivity contribution < 1.29 is 4.79 Å². The minimum Gasteiger partial charge on any atom is -0.324 e. The van der Waals surface area contributed by atoms with Gasteiger partial charge in [0.05, 0.1) is 5.56 Å². The SMILES string of the molecule is CCc1cccc(C)c1NC(=O)c1cnc(Nc2ccccc2C)nc1. The van der Waals surface area contributed by atoms with Crippen molar-refractivity contribution >= 4 is 23.2 Å². The normalized spacial score (nSPS) is 10.4. The third-order valence-corrected chi connectivity index (χ3v) is 4.28. The number of aryl methyl sites for hydroxylation is 3. The lowest BCUT2D eigenvalue weighted by molar-refractivity contribution is 0.102. The smallest absolute Gasteiger partial charge is 0.258 e. The summed E-state index contributed by atoms with van der Waals surface area (Å²) in [6.07, 6.45) is 3.92. The summed E-state index contributed by atoms with van der Waals surface area (Å²) in [7, 11) is 0. The van der Waals surface area contributed by atoms with Crippen molar-refractivity contribution in [2.75, 3.05) is 10.6 Å². The molecule has 1 aromatic heterocycles. The number of aromatic nitrogens is 2. The molecule has 0 aliphatic rings. The molecule has 3 rings (SSSR count). The van der Waals surface area contributed by atoms with E-state index >= 15 is 0 Å². The molecule has 0 spiro atoms. The highest BCUT2D eigenvalue weighted by molar-refractivity contribution is 6.04. The molecule has 0 aliphatic carbocycles. The van der Waals surface area contributed by atoms with Crippen molar-refractivity contribution in [1.29, 1.82) is 0 Å². The first-order valence-corrected chi connectivity index (χ1v) is 8.63. The zero-order chi connectivity index (χ0) is 18.5. The van der Waals surface area contributed by atoms with Crippen molar-refractivity contribution in [3.8, 4) is 0 Å². The molecule has 1 amide bonds. The van der Waals surface area contributed by atoms with Crippen LogP contribution >= 0.6 is 0 Å². The van der Waals surface area contributed by atoms with Gasteiger partial charge in [-0.1, -0.05) is 43.3 Å². The van der Waals surface area contributed by atoms with E-state index in [9.17, 15) is 4.79 Å². The van der Waals surface area contributed by atoms with Crippen LogP contribution in [0.15, 0.2) is 54.9 Å². The predicted molar refractivity (Wildman–Crippen MR) is 105 cm³/mol. The number of carbonyl (C=O) groups excluding carboxylic acids is 1. The van der Waals surface area contributed by atoms with Gasteiger partial charge in [-0.3, -0.25) is 4.79 Å².